The number of benzene rings is 1. The lowest BCUT2D eigenvalue weighted by molar-refractivity contribution is -0.138. The van der Waals surface area contributed by atoms with Gasteiger partial charge in [-0.05, 0) is 30.2 Å². The average Bonchev–Trinajstić information content (AvgIpc) is 3.29. The third-order valence-electron chi connectivity index (χ3n) is 5.47. The lowest BCUT2D eigenvalue weighted by Crippen LogP contribution is -2.34. The van der Waals surface area contributed by atoms with Gasteiger partial charge in [0.1, 0.15) is 36.4 Å². The molecule has 4 rings (SSSR count). The molecule has 1 aromatic carbocycles. The molecule has 12 heteroatoms. The number of aliphatic hydroxyl groups is 3. The van der Waals surface area contributed by atoms with Gasteiger partial charge in [0.05, 0.1) is 18.1 Å². The highest BCUT2D eigenvalue weighted by Gasteiger charge is 2.47. The van der Waals surface area contributed by atoms with Crippen LogP contribution in [0.15, 0.2) is 36.8 Å². The molecule has 0 bridgehead atoms. The van der Waals surface area contributed by atoms with Crippen LogP contribution < -0.4 is 5.48 Å². The van der Waals surface area contributed by atoms with Crippen LogP contribution in [0.5, 0.6) is 0 Å². The predicted molar refractivity (Wildman–Crippen MR) is 105 cm³/mol. The summed E-state index contributed by atoms with van der Waals surface area (Å²) >= 11 is 0. The van der Waals surface area contributed by atoms with Gasteiger partial charge in [-0.25, -0.2) is 15.4 Å². The van der Waals surface area contributed by atoms with Gasteiger partial charge in [-0.15, -0.1) is 0 Å². The highest BCUT2D eigenvalue weighted by molar-refractivity contribution is 5.87. The molecule has 4 N–H and O–H groups in total. The molecule has 0 saturated carbocycles. The van der Waals surface area contributed by atoms with Crippen LogP contribution in [0.2, 0.25) is 0 Å². The van der Waals surface area contributed by atoms with E-state index in [0.29, 0.717) is 16.9 Å². The standard InChI is InChI=1S/C20H21F3N4O5/c1-9-7-10(3-4-12(9)20(21,22)23)13(28)16-14(29)15(30)19(32-16)27-6-5-11-17(26-31-2)24-8-25-18(11)27/h3-8,13-16,19,28-30H,1-2H3,(H,24,25,26)/t13?,14-,15+,16+,19+/m0/s1. The van der Waals surface area contributed by atoms with Crippen LogP contribution >= 0.6 is 0 Å². The first-order valence-corrected chi connectivity index (χ1v) is 9.61. The fraction of sp³-hybridized carbons (Fsp3) is 0.400. The summed E-state index contributed by atoms with van der Waals surface area (Å²) in [6, 6.07) is 4.83. The van der Waals surface area contributed by atoms with Crippen molar-refractivity contribution < 1.29 is 38.1 Å². The molecule has 172 valence electrons. The predicted octanol–water partition coefficient (Wildman–Crippen LogP) is 2.08. The van der Waals surface area contributed by atoms with E-state index in [2.05, 4.69) is 15.4 Å². The summed E-state index contributed by atoms with van der Waals surface area (Å²) in [5.41, 5.74) is 2.20. The van der Waals surface area contributed by atoms with Crippen LogP contribution in [0.1, 0.15) is 29.0 Å². The number of alkyl halides is 3. The van der Waals surface area contributed by atoms with Gasteiger partial charge in [0.25, 0.3) is 0 Å². The van der Waals surface area contributed by atoms with Crippen LogP contribution in [0, 0.1) is 6.92 Å². The topological polar surface area (TPSA) is 122 Å². The number of hydrogen-bond acceptors (Lipinski definition) is 8. The molecule has 0 aliphatic carbocycles. The fourth-order valence-corrected chi connectivity index (χ4v) is 3.91. The van der Waals surface area contributed by atoms with E-state index in [9.17, 15) is 28.5 Å². The minimum atomic E-state index is -4.52. The molecule has 1 aliphatic heterocycles. The number of nitrogens with zero attached hydrogens (tertiary/aromatic N) is 3. The first kappa shape index (κ1) is 22.4. The van der Waals surface area contributed by atoms with Gasteiger partial charge in [-0.1, -0.05) is 12.1 Å². The summed E-state index contributed by atoms with van der Waals surface area (Å²) < 4.78 is 46.3. The zero-order valence-corrected chi connectivity index (χ0v) is 17.0. The van der Waals surface area contributed by atoms with E-state index in [1.54, 1.807) is 12.3 Å². The van der Waals surface area contributed by atoms with Gasteiger partial charge in [0.2, 0.25) is 0 Å². The summed E-state index contributed by atoms with van der Waals surface area (Å²) in [5, 5.41) is 32.4. The molecule has 3 aromatic rings. The summed E-state index contributed by atoms with van der Waals surface area (Å²) in [7, 11) is 1.42. The largest absolute Gasteiger partial charge is 0.416 e. The first-order valence-electron chi connectivity index (χ1n) is 9.61. The van der Waals surface area contributed by atoms with Crippen LogP contribution in [-0.4, -0.2) is 55.3 Å². The van der Waals surface area contributed by atoms with Crippen molar-refractivity contribution in [2.75, 3.05) is 12.6 Å². The van der Waals surface area contributed by atoms with E-state index in [0.717, 1.165) is 12.1 Å². The Kier molecular flexibility index (Phi) is 5.81. The molecular formula is C20H21F3N4O5. The number of aromatic nitrogens is 3. The van der Waals surface area contributed by atoms with Gasteiger partial charge in [-0.3, -0.25) is 4.84 Å². The number of fused-ring (bicyclic) bond motifs is 1. The summed E-state index contributed by atoms with van der Waals surface area (Å²) in [4.78, 5) is 13.1. The maximum Gasteiger partial charge on any atom is 0.416 e. The highest BCUT2D eigenvalue weighted by atomic mass is 19.4. The lowest BCUT2D eigenvalue weighted by Gasteiger charge is -2.22. The van der Waals surface area contributed by atoms with Crippen LogP contribution in [0.25, 0.3) is 11.0 Å². The van der Waals surface area contributed by atoms with E-state index in [1.807, 2.05) is 0 Å². The molecule has 1 aliphatic rings. The maximum absolute atomic E-state index is 13.0. The lowest BCUT2D eigenvalue weighted by atomic mass is 9.96. The molecule has 1 unspecified atom stereocenters. The van der Waals surface area contributed by atoms with Gasteiger partial charge >= 0.3 is 6.18 Å². The second kappa shape index (κ2) is 8.30. The third-order valence-corrected chi connectivity index (χ3v) is 5.47. The summed E-state index contributed by atoms with van der Waals surface area (Å²) in [5.74, 6) is 0.376. The molecular weight excluding hydrogens is 433 g/mol. The Morgan fingerprint density at radius 2 is 1.94 bits per heavy atom. The molecule has 32 heavy (non-hydrogen) atoms. The Bertz CT molecular complexity index is 1120. The number of anilines is 1. The molecule has 2 aromatic heterocycles. The molecule has 0 amide bonds. The Balaban J connectivity index is 1.62. The second-order valence-corrected chi connectivity index (χ2v) is 7.48. The number of aliphatic hydroxyl groups excluding tert-OH is 3. The quantitative estimate of drug-likeness (QED) is 0.433. The van der Waals surface area contributed by atoms with Crippen molar-refractivity contribution in [3.8, 4) is 0 Å². The number of ether oxygens (including phenoxy) is 1. The highest BCUT2D eigenvalue weighted by Crippen LogP contribution is 2.39. The molecule has 1 fully saturated rings. The van der Waals surface area contributed by atoms with Crippen molar-refractivity contribution in [3.63, 3.8) is 0 Å². The summed E-state index contributed by atoms with van der Waals surface area (Å²) in [6.45, 7) is 1.28. The van der Waals surface area contributed by atoms with Gasteiger partial charge < -0.3 is 24.6 Å². The molecule has 0 spiro atoms. The summed E-state index contributed by atoms with van der Waals surface area (Å²) in [6.07, 6.45) is -8.50. The van der Waals surface area contributed by atoms with E-state index in [4.69, 9.17) is 9.57 Å². The van der Waals surface area contributed by atoms with Crippen molar-refractivity contribution in [2.24, 2.45) is 0 Å². The molecule has 9 nitrogen and oxygen atoms in total. The number of nitrogens with one attached hydrogen (secondary N) is 1. The average molecular weight is 454 g/mol. The zero-order chi connectivity index (χ0) is 23.2. The maximum atomic E-state index is 13.0. The Morgan fingerprint density at radius 1 is 1.19 bits per heavy atom. The number of rotatable bonds is 5. The SMILES string of the molecule is CONc1ncnc2c1ccn2[C@@H]1O[C@H](C(O)c2ccc(C(F)(F)F)c(C)c2)[C@@H](O)[C@H]1O. The molecule has 0 radical (unpaired) electrons. The van der Waals surface area contributed by atoms with Crippen LogP contribution in [0.3, 0.4) is 0 Å². The first-order chi connectivity index (χ1) is 15.1. The van der Waals surface area contributed by atoms with Crippen molar-refractivity contribution in [1.82, 2.24) is 14.5 Å². The molecule has 1 saturated heterocycles. The fourth-order valence-electron chi connectivity index (χ4n) is 3.91. The van der Waals surface area contributed by atoms with E-state index < -0.39 is 42.4 Å². The molecule has 5 atom stereocenters. The van der Waals surface area contributed by atoms with Crippen molar-refractivity contribution in [2.45, 2.75) is 43.7 Å². The van der Waals surface area contributed by atoms with Gasteiger partial charge in [0.15, 0.2) is 12.0 Å². The minimum absolute atomic E-state index is 0.0788. The van der Waals surface area contributed by atoms with Crippen molar-refractivity contribution in [1.29, 1.82) is 0 Å². The third kappa shape index (κ3) is 3.80. The van der Waals surface area contributed by atoms with E-state index in [-0.39, 0.29) is 11.1 Å². The number of aryl methyl sites for hydroxylation is 1. The Labute approximate surface area is 180 Å². The number of hydrogen-bond donors (Lipinski definition) is 4. The molecule has 3 heterocycles. The van der Waals surface area contributed by atoms with Gasteiger partial charge in [0, 0.05) is 6.20 Å². The minimum Gasteiger partial charge on any atom is -0.387 e. The van der Waals surface area contributed by atoms with E-state index >= 15 is 0 Å². The van der Waals surface area contributed by atoms with Crippen LogP contribution in [-0.2, 0) is 15.8 Å². The monoisotopic (exact) mass is 454 g/mol. The normalized spacial score (nSPS) is 24.8. The van der Waals surface area contributed by atoms with Crippen molar-refractivity contribution >= 4 is 16.9 Å². The van der Waals surface area contributed by atoms with Gasteiger partial charge in [-0.2, -0.15) is 13.2 Å². The Hall–Kier alpha value is -2.77. The van der Waals surface area contributed by atoms with E-state index in [1.165, 1.54) is 31.0 Å². The van der Waals surface area contributed by atoms with Crippen molar-refractivity contribution in [3.05, 3.63) is 53.5 Å². The zero-order valence-electron chi connectivity index (χ0n) is 17.0. The van der Waals surface area contributed by atoms with Crippen LogP contribution in [0.4, 0.5) is 19.0 Å². The Morgan fingerprint density at radius 3 is 2.59 bits per heavy atom. The number of halogens is 3. The second-order valence-electron chi connectivity index (χ2n) is 7.48. The smallest absolute Gasteiger partial charge is 0.387 e.